The number of nitrogens with zero attached hydrogens (tertiary/aromatic N) is 2. The summed E-state index contributed by atoms with van der Waals surface area (Å²) < 4.78 is 28.3. The molecule has 0 bridgehead atoms. The van der Waals surface area contributed by atoms with E-state index in [1.54, 1.807) is 30.3 Å². The number of hydrogen-bond acceptors (Lipinski definition) is 6. The van der Waals surface area contributed by atoms with E-state index in [1.165, 1.54) is 0 Å². The third kappa shape index (κ3) is 4.91. The Morgan fingerprint density at radius 2 is 2.29 bits per heavy atom. The Hall–Kier alpha value is -1.67. The predicted octanol–water partition coefficient (Wildman–Crippen LogP) is 1.18. The molecular weight excluding hydrogens is 330 g/mol. The van der Waals surface area contributed by atoms with Crippen molar-refractivity contribution in [3.8, 4) is 0 Å². The summed E-state index contributed by atoms with van der Waals surface area (Å²) in [7, 11) is -1.37. The molecule has 0 saturated carbocycles. The first-order chi connectivity index (χ1) is 11.5. The monoisotopic (exact) mass is 355 g/mol. The fourth-order valence-corrected chi connectivity index (χ4v) is 4.58. The molecule has 2 rings (SSSR count). The van der Waals surface area contributed by atoms with E-state index in [2.05, 4.69) is 10.3 Å². The van der Waals surface area contributed by atoms with Gasteiger partial charge in [0, 0.05) is 44.6 Å². The van der Waals surface area contributed by atoms with Gasteiger partial charge < -0.3 is 15.0 Å². The summed E-state index contributed by atoms with van der Waals surface area (Å²) in [4.78, 5) is 18.6. The Bertz CT molecular complexity index is 663. The third-order valence-corrected chi connectivity index (χ3v) is 5.84. The minimum Gasteiger partial charge on any atom is -0.385 e. The van der Waals surface area contributed by atoms with E-state index < -0.39 is 9.84 Å². The largest absolute Gasteiger partial charge is 0.385 e. The number of carbonyl (C=O) groups excluding carboxylic acids is 1. The van der Waals surface area contributed by atoms with Crippen molar-refractivity contribution in [2.45, 2.75) is 25.8 Å². The van der Waals surface area contributed by atoms with Gasteiger partial charge in [-0.1, -0.05) is 0 Å². The van der Waals surface area contributed by atoms with E-state index >= 15 is 0 Å². The number of aromatic nitrogens is 1. The standard InChI is InChI=1S/C16H25N3O4S/c1-3-19(14-6-10-24(21,22)12-14)16(20)13-5-8-18-15(11-13)17-7-4-9-23-2/h5,8,11,14H,3-4,6-7,9-10,12H2,1-2H3,(H,17,18). The number of anilines is 1. The number of pyridine rings is 1. The molecule has 2 heterocycles. The number of hydrogen-bond donors (Lipinski definition) is 1. The van der Waals surface area contributed by atoms with Gasteiger partial charge in [-0.2, -0.15) is 0 Å². The maximum atomic E-state index is 12.8. The van der Waals surface area contributed by atoms with Crippen LogP contribution in [-0.4, -0.2) is 68.6 Å². The number of amides is 1. The molecule has 1 aliphatic rings. The van der Waals surface area contributed by atoms with Crippen molar-refractivity contribution in [3.05, 3.63) is 23.9 Å². The highest BCUT2D eigenvalue weighted by Gasteiger charge is 2.34. The second-order valence-corrected chi connectivity index (χ2v) is 8.08. The van der Waals surface area contributed by atoms with Crippen LogP contribution in [0.2, 0.25) is 0 Å². The molecule has 1 saturated heterocycles. The molecule has 134 valence electrons. The number of sulfone groups is 1. The molecule has 1 N–H and O–H groups in total. The molecule has 0 aliphatic carbocycles. The van der Waals surface area contributed by atoms with E-state index in [9.17, 15) is 13.2 Å². The lowest BCUT2D eigenvalue weighted by atomic mass is 10.1. The van der Waals surface area contributed by atoms with Crippen LogP contribution in [0.25, 0.3) is 0 Å². The van der Waals surface area contributed by atoms with E-state index in [4.69, 9.17) is 4.74 Å². The molecule has 0 aromatic carbocycles. The highest BCUT2D eigenvalue weighted by Crippen LogP contribution is 2.20. The van der Waals surface area contributed by atoms with Crippen molar-refractivity contribution in [2.75, 3.05) is 43.6 Å². The van der Waals surface area contributed by atoms with Crippen molar-refractivity contribution in [1.82, 2.24) is 9.88 Å². The second kappa shape index (κ2) is 8.43. The third-order valence-electron chi connectivity index (χ3n) is 4.09. The number of rotatable bonds is 8. The lowest BCUT2D eigenvalue weighted by Gasteiger charge is -2.27. The Morgan fingerprint density at radius 3 is 2.92 bits per heavy atom. The summed E-state index contributed by atoms with van der Waals surface area (Å²) in [6.45, 7) is 3.72. The fraction of sp³-hybridized carbons (Fsp3) is 0.625. The SMILES string of the molecule is CCN(C(=O)c1ccnc(NCCCOC)c1)C1CCS(=O)(=O)C1. The van der Waals surface area contributed by atoms with Crippen LogP contribution in [0, 0.1) is 0 Å². The first-order valence-electron chi connectivity index (χ1n) is 8.17. The molecule has 1 amide bonds. The summed E-state index contributed by atoms with van der Waals surface area (Å²) in [5.74, 6) is 0.693. The molecule has 1 atom stereocenters. The predicted molar refractivity (Wildman–Crippen MR) is 93.0 cm³/mol. The van der Waals surface area contributed by atoms with Crippen LogP contribution in [0.4, 0.5) is 5.82 Å². The van der Waals surface area contributed by atoms with Crippen molar-refractivity contribution in [3.63, 3.8) is 0 Å². The second-order valence-electron chi connectivity index (χ2n) is 5.85. The lowest BCUT2D eigenvalue weighted by molar-refractivity contribution is 0.0708. The quantitative estimate of drug-likeness (QED) is 0.705. The molecule has 7 nitrogen and oxygen atoms in total. The minimum absolute atomic E-state index is 0.0553. The number of ether oxygens (including phenoxy) is 1. The van der Waals surface area contributed by atoms with Gasteiger partial charge in [0.1, 0.15) is 5.82 Å². The Labute approximate surface area is 143 Å². The van der Waals surface area contributed by atoms with E-state index in [0.29, 0.717) is 37.5 Å². The summed E-state index contributed by atoms with van der Waals surface area (Å²) in [6, 6.07) is 3.13. The van der Waals surface area contributed by atoms with Crippen molar-refractivity contribution < 1.29 is 17.9 Å². The van der Waals surface area contributed by atoms with E-state index in [0.717, 1.165) is 6.42 Å². The van der Waals surface area contributed by atoms with Crippen LogP contribution in [-0.2, 0) is 14.6 Å². The van der Waals surface area contributed by atoms with Gasteiger partial charge in [-0.25, -0.2) is 13.4 Å². The molecule has 8 heteroatoms. The van der Waals surface area contributed by atoms with Crippen LogP contribution < -0.4 is 5.32 Å². The molecule has 0 radical (unpaired) electrons. The average Bonchev–Trinajstić information content (AvgIpc) is 2.92. The van der Waals surface area contributed by atoms with Gasteiger partial charge in [0.2, 0.25) is 0 Å². The number of nitrogens with one attached hydrogen (secondary N) is 1. The molecule has 1 unspecified atom stereocenters. The van der Waals surface area contributed by atoms with Crippen LogP contribution in [0.1, 0.15) is 30.1 Å². The highest BCUT2D eigenvalue weighted by molar-refractivity contribution is 7.91. The van der Waals surface area contributed by atoms with Crippen LogP contribution in [0.5, 0.6) is 0 Å². The Morgan fingerprint density at radius 1 is 1.50 bits per heavy atom. The smallest absolute Gasteiger partial charge is 0.254 e. The van der Waals surface area contributed by atoms with Gasteiger partial charge >= 0.3 is 0 Å². The van der Waals surface area contributed by atoms with Crippen LogP contribution in [0.3, 0.4) is 0 Å². The average molecular weight is 355 g/mol. The highest BCUT2D eigenvalue weighted by atomic mass is 32.2. The van der Waals surface area contributed by atoms with E-state index in [-0.39, 0.29) is 23.5 Å². The maximum absolute atomic E-state index is 12.8. The van der Waals surface area contributed by atoms with Gasteiger partial charge in [-0.3, -0.25) is 4.79 Å². The molecular formula is C16H25N3O4S. The summed E-state index contributed by atoms with van der Waals surface area (Å²) in [6.07, 6.45) is 2.94. The zero-order valence-corrected chi connectivity index (χ0v) is 15.0. The molecule has 1 aromatic rings. The minimum atomic E-state index is -3.02. The van der Waals surface area contributed by atoms with Gasteiger partial charge in [-0.15, -0.1) is 0 Å². The first kappa shape index (κ1) is 18.7. The molecule has 1 fully saturated rings. The summed E-state index contributed by atoms with van der Waals surface area (Å²) in [5, 5.41) is 3.16. The normalized spacial score (nSPS) is 19.2. The van der Waals surface area contributed by atoms with Gasteiger partial charge in [0.15, 0.2) is 9.84 Å². The Balaban J connectivity index is 2.04. The van der Waals surface area contributed by atoms with Crippen LogP contribution >= 0.6 is 0 Å². The first-order valence-corrected chi connectivity index (χ1v) is 9.99. The van der Waals surface area contributed by atoms with Gasteiger partial charge in [0.25, 0.3) is 5.91 Å². The maximum Gasteiger partial charge on any atom is 0.254 e. The van der Waals surface area contributed by atoms with Crippen LogP contribution in [0.15, 0.2) is 18.3 Å². The molecule has 24 heavy (non-hydrogen) atoms. The summed E-state index contributed by atoms with van der Waals surface area (Å²) in [5.41, 5.74) is 0.519. The zero-order valence-electron chi connectivity index (χ0n) is 14.2. The number of methoxy groups -OCH3 is 1. The van der Waals surface area contributed by atoms with Crippen molar-refractivity contribution in [2.24, 2.45) is 0 Å². The van der Waals surface area contributed by atoms with Crippen molar-refractivity contribution >= 4 is 21.6 Å². The summed E-state index contributed by atoms with van der Waals surface area (Å²) >= 11 is 0. The van der Waals surface area contributed by atoms with E-state index in [1.807, 2.05) is 6.92 Å². The topological polar surface area (TPSA) is 88.6 Å². The lowest BCUT2D eigenvalue weighted by Crippen LogP contribution is -2.41. The molecule has 0 spiro atoms. The zero-order chi connectivity index (χ0) is 17.6. The molecule has 1 aliphatic heterocycles. The molecule has 1 aromatic heterocycles. The van der Waals surface area contributed by atoms with Crippen molar-refractivity contribution in [1.29, 1.82) is 0 Å². The van der Waals surface area contributed by atoms with Gasteiger partial charge in [0.05, 0.1) is 11.5 Å². The fourth-order valence-electron chi connectivity index (χ4n) is 2.85. The Kier molecular flexibility index (Phi) is 6.56. The van der Waals surface area contributed by atoms with Gasteiger partial charge in [-0.05, 0) is 31.9 Å². The number of carbonyl (C=O) groups is 1.